The first-order valence-corrected chi connectivity index (χ1v) is 7.21. The van der Waals surface area contributed by atoms with Gasteiger partial charge in [-0.25, -0.2) is 4.79 Å². The predicted molar refractivity (Wildman–Crippen MR) is 82.9 cm³/mol. The predicted octanol–water partition coefficient (Wildman–Crippen LogP) is 1.60. The molecule has 1 aliphatic heterocycles. The van der Waals surface area contributed by atoms with Crippen molar-refractivity contribution in [3.05, 3.63) is 24.2 Å². The summed E-state index contributed by atoms with van der Waals surface area (Å²) in [6.45, 7) is 4.50. The number of allylic oxidation sites excluding steroid dienone is 2. The third kappa shape index (κ3) is 4.95. The first-order valence-electron chi connectivity index (χ1n) is 7.21. The number of nitrogens with one attached hydrogen (secondary N) is 1. The number of hydrogen-bond acceptors (Lipinski definition) is 3. The smallest absolute Gasteiger partial charge is 0.407 e. The van der Waals surface area contributed by atoms with Crippen molar-refractivity contribution in [3.8, 4) is 0 Å². The van der Waals surface area contributed by atoms with E-state index in [2.05, 4.69) is 10.1 Å². The lowest BCUT2D eigenvalue weighted by Gasteiger charge is -2.29. The van der Waals surface area contributed by atoms with Crippen LogP contribution >= 0.6 is 0 Å². The van der Waals surface area contributed by atoms with Crippen LogP contribution in [0.1, 0.15) is 26.7 Å². The van der Waals surface area contributed by atoms with Crippen molar-refractivity contribution in [1.29, 1.82) is 0 Å². The Morgan fingerprint density at radius 2 is 2.10 bits per heavy atom. The Hall–Kier alpha value is -1.72. The standard InChI is InChI=1S/C15H23BN2O3/c1-11(2)13(17-15(20)21-3)14(19)18-10-6-8-12(18)7-4-5-9-16/h4-5,7,9,11-13H,6,8,10H2,1-3H3,(H,17,20)/t12-,13+/m1/s1. The molecule has 1 N–H and O–H groups in total. The molecule has 0 spiro atoms. The second-order valence-corrected chi connectivity index (χ2v) is 5.37. The van der Waals surface area contributed by atoms with Gasteiger partial charge in [-0.15, -0.1) is 5.98 Å². The van der Waals surface area contributed by atoms with Crippen molar-refractivity contribution in [3.63, 3.8) is 0 Å². The van der Waals surface area contributed by atoms with E-state index >= 15 is 0 Å². The summed E-state index contributed by atoms with van der Waals surface area (Å²) < 4.78 is 4.59. The number of likely N-dealkylation sites (tertiary alicyclic amines) is 1. The summed E-state index contributed by atoms with van der Waals surface area (Å²) in [5.41, 5.74) is 0. The Morgan fingerprint density at radius 3 is 2.67 bits per heavy atom. The van der Waals surface area contributed by atoms with Gasteiger partial charge in [-0.2, -0.15) is 0 Å². The fourth-order valence-electron chi connectivity index (χ4n) is 2.40. The molecule has 0 saturated carbocycles. The van der Waals surface area contributed by atoms with Crippen LogP contribution in [-0.4, -0.2) is 50.5 Å². The number of ether oxygens (including phenoxy) is 1. The summed E-state index contributed by atoms with van der Waals surface area (Å²) in [7, 11) is 6.58. The number of nitrogens with zero attached hydrogens (tertiary/aromatic N) is 1. The van der Waals surface area contributed by atoms with Crippen LogP contribution in [0.25, 0.3) is 0 Å². The fourth-order valence-corrected chi connectivity index (χ4v) is 2.40. The number of rotatable bonds is 5. The second kappa shape index (κ2) is 8.54. The van der Waals surface area contributed by atoms with Gasteiger partial charge in [0.25, 0.3) is 0 Å². The van der Waals surface area contributed by atoms with E-state index in [0.29, 0.717) is 6.54 Å². The van der Waals surface area contributed by atoms with Gasteiger partial charge in [0.15, 0.2) is 0 Å². The molecule has 0 aromatic carbocycles. The number of amides is 2. The Kier molecular flexibility index (Phi) is 7.05. The van der Waals surface area contributed by atoms with Crippen molar-refractivity contribution in [2.45, 2.75) is 38.8 Å². The monoisotopic (exact) mass is 290 g/mol. The van der Waals surface area contributed by atoms with Crippen molar-refractivity contribution in [2.24, 2.45) is 5.92 Å². The van der Waals surface area contributed by atoms with Crippen LogP contribution in [0.3, 0.4) is 0 Å². The molecule has 0 aromatic rings. The van der Waals surface area contributed by atoms with Crippen LogP contribution in [0, 0.1) is 5.92 Å². The molecular formula is C15H23BN2O3. The van der Waals surface area contributed by atoms with Crippen molar-refractivity contribution in [2.75, 3.05) is 13.7 Å². The minimum Gasteiger partial charge on any atom is -0.453 e. The van der Waals surface area contributed by atoms with Crippen molar-refractivity contribution in [1.82, 2.24) is 10.2 Å². The molecule has 114 valence electrons. The zero-order valence-corrected chi connectivity index (χ0v) is 12.9. The molecule has 6 heteroatoms. The maximum Gasteiger partial charge on any atom is 0.407 e. The van der Waals surface area contributed by atoms with Gasteiger partial charge in [0, 0.05) is 6.54 Å². The van der Waals surface area contributed by atoms with Crippen LogP contribution in [0.2, 0.25) is 0 Å². The first kappa shape index (κ1) is 17.3. The zero-order valence-electron chi connectivity index (χ0n) is 12.9. The molecule has 1 saturated heterocycles. The van der Waals surface area contributed by atoms with Gasteiger partial charge in [0.1, 0.15) is 13.9 Å². The summed E-state index contributed by atoms with van der Waals surface area (Å²) in [6, 6.07) is -0.522. The first-order chi connectivity index (χ1) is 10.0. The van der Waals surface area contributed by atoms with Crippen molar-refractivity contribution < 1.29 is 14.3 Å². The number of alkyl carbamates (subject to hydrolysis) is 1. The Labute approximate surface area is 127 Å². The van der Waals surface area contributed by atoms with E-state index in [1.54, 1.807) is 6.08 Å². The van der Waals surface area contributed by atoms with E-state index in [9.17, 15) is 9.59 Å². The molecule has 2 atom stereocenters. The summed E-state index contributed by atoms with van der Waals surface area (Å²) in [6.07, 6.45) is 6.82. The minimum absolute atomic E-state index is 0.00855. The summed E-state index contributed by atoms with van der Waals surface area (Å²) in [5, 5.41) is 2.62. The molecule has 1 aliphatic rings. The van der Waals surface area contributed by atoms with E-state index < -0.39 is 12.1 Å². The molecule has 0 aromatic heterocycles. The number of methoxy groups -OCH3 is 1. The maximum absolute atomic E-state index is 12.7. The van der Waals surface area contributed by atoms with Gasteiger partial charge in [-0.05, 0) is 18.8 Å². The molecule has 0 aliphatic carbocycles. The molecule has 1 fully saturated rings. The lowest BCUT2D eigenvalue weighted by molar-refractivity contribution is -0.134. The van der Waals surface area contributed by atoms with E-state index in [0.717, 1.165) is 12.8 Å². The molecule has 5 nitrogen and oxygen atoms in total. The van der Waals surface area contributed by atoms with Gasteiger partial charge in [0.05, 0.1) is 13.2 Å². The van der Waals surface area contributed by atoms with Gasteiger partial charge in [-0.1, -0.05) is 32.1 Å². The Morgan fingerprint density at radius 1 is 1.38 bits per heavy atom. The molecule has 1 rings (SSSR count). The fraction of sp³-hybridized carbons (Fsp3) is 0.600. The highest BCUT2D eigenvalue weighted by Crippen LogP contribution is 2.21. The van der Waals surface area contributed by atoms with Crippen LogP contribution < -0.4 is 5.32 Å². The van der Waals surface area contributed by atoms with Crippen LogP contribution in [-0.2, 0) is 9.53 Å². The number of carbonyl (C=O) groups is 2. The Balaban J connectivity index is 2.79. The quantitative estimate of drug-likeness (QED) is 0.618. The molecule has 2 amide bonds. The van der Waals surface area contributed by atoms with Gasteiger partial charge < -0.3 is 15.0 Å². The number of carbonyl (C=O) groups excluding carboxylic acids is 2. The molecule has 0 unspecified atom stereocenters. The molecular weight excluding hydrogens is 267 g/mol. The summed E-state index contributed by atoms with van der Waals surface area (Å²) in [5.74, 6) is 1.37. The zero-order chi connectivity index (χ0) is 15.8. The molecule has 2 radical (unpaired) electrons. The van der Waals surface area contributed by atoms with Gasteiger partial charge >= 0.3 is 6.09 Å². The SMILES string of the molecule is [B]C=CC=C[C@@H]1CCCN1C(=O)[C@@H](NC(=O)OC)C(C)C. The summed E-state index contributed by atoms with van der Waals surface area (Å²) in [4.78, 5) is 25.9. The van der Waals surface area contributed by atoms with Gasteiger partial charge in [-0.3, -0.25) is 4.79 Å². The minimum atomic E-state index is -0.584. The largest absolute Gasteiger partial charge is 0.453 e. The van der Waals surface area contributed by atoms with Crippen LogP contribution in [0.5, 0.6) is 0 Å². The molecule has 21 heavy (non-hydrogen) atoms. The highest BCUT2D eigenvalue weighted by atomic mass is 16.5. The van der Waals surface area contributed by atoms with E-state index in [1.165, 1.54) is 13.1 Å². The Bertz CT molecular complexity index is 421. The van der Waals surface area contributed by atoms with E-state index in [1.807, 2.05) is 30.9 Å². The topological polar surface area (TPSA) is 58.6 Å². The number of hydrogen-bond donors (Lipinski definition) is 1. The average Bonchev–Trinajstić information content (AvgIpc) is 2.92. The summed E-state index contributed by atoms with van der Waals surface area (Å²) >= 11 is 0. The van der Waals surface area contributed by atoms with Crippen LogP contribution in [0.4, 0.5) is 4.79 Å². The van der Waals surface area contributed by atoms with Crippen molar-refractivity contribution >= 4 is 19.8 Å². The lowest BCUT2D eigenvalue weighted by atomic mass is 10.0. The second-order valence-electron chi connectivity index (χ2n) is 5.37. The lowest BCUT2D eigenvalue weighted by Crippen LogP contribution is -2.52. The maximum atomic E-state index is 12.7. The average molecular weight is 290 g/mol. The van der Waals surface area contributed by atoms with Gasteiger partial charge in [0.2, 0.25) is 5.91 Å². The highest BCUT2D eigenvalue weighted by Gasteiger charge is 2.34. The van der Waals surface area contributed by atoms with E-state index in [-0.39, 0.29) is 17.9 Å². The third-order valence-corrected chi connectivity index (χ3v) is 3.53. The third-order valence-electron chi connectivity index (χ3n) is 3.53. The van der Waals surface area contributed by atoms with Crippen LogP contribution in [0.15, 0.2) is 24.2 Å². The van der Waals surface area contributed by atoms with E-state index in [4.69, 9.17) is 7.85 Å². The molecule has 1 heterocycles. The molecule has 0 bridgehead atoms. The highest BCUT2D eigenvalue weighted by molar-refractivity contribution is 6.17. The normalized spacial score (nSPS) is 20.4.